The molecule has 0 aliphatic rings. The van der Waals surface area contributed by atoms with Gasteiger partial charge >= 0.3 is 5.97 Å². The molecular formula is C12H15FN2O3. The zero-order valence-electron chi connectivity index (χ0n) is 10.0. The number of unbranched alkanes of at least 4 members (excludes halogenated alkanes) is 1. The topological polar surface area (TPSA) is 79.3 Å². The molecule has 1 aromatic heterocycles. The van der Waals surface area contributed by atoms with Gasteiger partial charge in [0.05, 0.1) is 5.56 Å². The molecule has 18 heavy (non-hydrogen) atoms. The van der Waals surface area contributed by atoms with Crippen molar-refractivity contribution in [2.75, 3.05) is 0 Å². The Hall–Kier alpha value is -1.98. The Bertz CT molecular complexity index is 420. The van der Waals surface area contributed by atoms with E-state index in [0.29, 0.717) is 12.8 Å². The van der Waals surface area contributed by atoms with Crippen LogP contribution in [-0.4, -0.2) is 28.0 Å². The maximum atomic E-state index is 12.6. The third-order valence-corrected chi connectivity index (χ3v) is 2.44. The normalized spacial score (nSPS) is 11.9. The fourth-order valence-corrected chi connectivity index (χ4v) is 1.42. The number of rotatable bonds is 6. The number of aromatic nitrogens is 1. The van der Waals surface area contributed by atoms with Gasteiger partial charge in [0.1, 0.15) is 6.04 Å². The van der Waals surface area contributed by atoms with Crippen LogP contribution in [0.5, 0.6) is 0 Å². The molecule has 1 aromatic rings. The molecule has 1 amide bonds. The first-order chi connectivity index (χ1) is 8.54. The van der Waals surface area contributed by atoms with E-state index in [4.69, 9.17) is 5.11 Å². The molecule has 1 heterocycles. The highest BCUT2D eigenvalue weighted by Crippen LogP contribution is 2.04. The quantitative estimate of drug-likeness (QED) is 0.755. The van der Waals surface area contributed by atoms with Crippen molar-refractivity contribution in [2.45, 2.75) is 32.2 Å². The first kappa shape index (κ1) is 14.1. The van der Waals surface area contributed by atoms with Crippen LogP contribution in [0.3, 0.4) is 0 Å². The molecule has 2 N–H and O–H groups in total. The molecule has 1 atom stereocenters. The molecule has 98 valence electrons. The highest BCUT2D eigenvalue weighted by Gasteiger charge is 2.20. The molecule has 5 nitrogen and oxygen atoms in total. The van der Waals surface area contributed by atoms with Gasteiger partial charge in [0, 0.05) is 6.20 Å². The van der Waals surface area contributed by atoms with E-state index in [1.54, 1.807) is 0 Å². The Morgan fingerprint density at radius 1 is 1.50 bits per heavy atom. The summed E-state index contributed by atoms with van der Waals surface area (Å²) in [5, 5.41) is 11.3. The minimum absolute atomic E-state index is 0.138. The summed E-state index contributed by atoms with van der Waals surface area (Å²) >= 11 is 0. The van der Waals surface area contributed by atoms with E-state index >= 15 is 0 Å². The number of hydrogen-bond acceptors (Lipinski definition) is 3. The van der Waals surface area contributed by atoms with Crippen molar-refractivity contribution in [1.29, 1.82) is 0 Å². The van der Waals surface area contributed by atoms with Crippen LogP contribution in [-0.2, 0) is 4.79 Å². The van der Waals surface area contributed by atoms with Crippen LogP contribution in [0.25, 0.3) is 0 Å². The van der Waals surface area contributed by atoms with Crippen molar-refractivity contribution in [1.82, 2.24) is 10.3 Å². The number of nitrogens with zero attached hydrogens (tertiary/aromatic N) is 1. The number of carboxylic acids is 1. The van der Waals surface area contributed by atoms with E-state index in [1.165, 1.54) is 6.07 Å². The van der Waals surface area contributed by atoms with E-state index in [9.17, 15) is 14.0 Å². The van der Waals surface area contributed by atoms with Crippen LogP contribution in [0.2, 0.25) is 0 Å². The molecule has 0 aromatic carbocycles. The van der Waals surface area contributed by atoms with E-state index in [1.807, 2.05) is 6.92 Å². The van der Waals surface area contributed by atoms with Gasteiger partial charge in [-0.25, -0.2) is 9.78 Å². The van der Waals surface area contributed by atoms with Gasteiger partial charge in [0.15, 0.2) is 0 Å². The summed E-state index contributed by atoms with van der Waals surface area (Å²) in [5.74, 6) is -2.33. The predicted molar refractivity (Wildman–Crippen MR) is 62.6 cm³/mol. The summed E-state index contributed by atoms with van der Waals surface area (Å²) in [7, 11) is 0. The molecule has 1 unspecified atom stereocenters. The lowest BCUT2D eigenvalue weighted by molar-refractivity contribution is -0.139. The molecule has 0 radical (unpaired) electrons. The average molecular weight is 254 g/mol. The van der Waals surface area contributed by atoms with Gasteiger partial charge in [-0.3, -0.25) is 4.79 Å². The van der Waals surface area contributed by atoms with Crippen LogP contribution in [0.4, 0.5) is 4.39 Å². The van der Waals surface area contributed by atoms with Crippen molar-refractivity contribution in [3.05, 3.63) is 29.8 Å². The zero-order valence-corrected chi connectivity index (χ0v) is 10.0. The van der Waals surface area contributed by atoms with Crippen molar-refractivity contribution in [3.8, 4) is 0 Å². The molecule has 0 saturated heterocycles. The number of carbonyl (C=O) groups excluding carboxylic acids is 1. The standard InChI is InChI=1S/C12H15FN2O3/c1-2-3-4-9(12(17)18)15-11(16)8-5-6-10(13)14-7-8/h5-7,9H,2-4H2,1H3,(H,15,16)(H,17,18). The highest BCUT2D eigenvalue weighted by molar-refractivity contribution is 5.96. The smallest absolute Gasteiger partial charge is 0.326 e. The second-order valence-electron chi connectivity index (χ2n) is 3.88. The van der Waals surface area contributed by atoms with Crippen molar-refractivity contribution < 1.29 is 19.1 Å². The average Bonchev–Trinajstić information content (AvgIpc) is 2.34. The first-order valence-corrected chi connectivity index (χ1v) is 5.69. The molecule has 0 spiro atoms. The second kappa shape index (κ2) is 6.68. The summed E-state index contributed by atoms with van der Waals surface area (Å²) in [6.45, 7) is 1.94. The Labute approximate surface area is 104 Å². The van der Waals surface area contributed by atoms with E-state index in [0.717, 1.165) is 18.7 Å². The number of pyridine rings is 1. The van der Waals surface area contributed by atoms with Gasteiger partial charge < -0.3 is 10.4 Å². The van der Waals surface area contributed by atoms with Gasteiger partial charge in [-0.05, 0) is 18.6 Å². The van der Waals surface area contributed by atoms with Gasteiger partial charge in [0.2, 0.25) is 5.95 Å². The molecule has 0 aliphatic carbocycles. The van der Waals surface area contributed by atoms with Crippen LogP contribution in [0, 0.1) is 5.95 Å². The van der Waals surface area contributed by atoms with E-state index in [-0.39, 0.29) is 5.56 Å². The Balaban J connectivity index is 2.66. The molecule has 0 saturated carbocycles. The van der Waals surface area contributed by atoms with Crippen LogP contribution in [0.1, 0.15) is 36.5 Å². The minimum atomic E-state index is -1.08. The van der Waals surface area contributed by atoms with Crippen LogP contribution < -0.4 is 5.32 Å². The number of nitrogens with one attached hydrogen (secondary N) is 1. The second-order valence-corrected chi connectivity index (χ2v) is 3.88. The fraction of sp³-hybridized carbons (Fsp3) is 0.417. The van der Waals surface area contributed by atoms with Gasteiger partial charge in [-0.2, -0.15) is 4.39 Å². The van der Waals surface area contributed by atoms with E-state index < -0.39 is 23.9 Å². The van der Waals surface area contributed by atoms with Gasteiger partial charge in [-0.1, -0.05) is 19.8 Å². The lowest BCUT2D eigenvalue weighted by Gasteiger charge is -2.13. The lowest BCUT2D eigenvalue weighted by Crippen LogP contribution is -2.40. The Morgan fingerprint density at radius 2 is 2.22 bits per heavy atom. The van der Waals surface area contributed by atoms with Crippen molar-refractivity contribution in [3.63, 3.8) is 0 Å². The molecule has 1 rings (SSSR count). The van der Waals surface area contributed by atoms with Gasteiger partial charge in [-0.15, -0.1) is 0 Å². The molecular weight excluding hydrogens is 239 g/mol. The summed E-state index contributed by atoms with van der Waals surface area (Å²) in [5.41, 5.74) is 0.138. The minimum Gasteiger partial charge on any atom is -0.480 e. The Morgan fingerprint density at radius 3 is 2.72 bits per heavy atom. The molecule has 6 heteroatoms. The number of amides is 1. The molecule has 0 aliphatic heterocycles. The maximum absolute atomic E-state index is 12.6. The summed E-state index contributed by atoms with van der Waals surface area (Å²) in [4.78, 5) is 26.0. The SMILES string of the molecule is CCCCC(NC(=O)c1ccc(F)nc1)C(=O)O. The van der Waals surface area contributed by atoms with Crippen LogP contribution >= 0.6 is 0 Å². The number of carbonyl (C=O) groups is 2. The lowest BCUT2D eigenvalue weighted by atomic mass is 10.1. The summed E-state index contributed by atoms with van der Waals surface area (Å²) in [6, 6.07) is 1.38. The predicted octanol–water partition coefficient (Wildman–Crippen LogP) is 1.59. The van der Waals surface area contributed by atoms with Gasteiger partial charge in [0.25, 0.3) is 5.91 Å². The number of aliphatic carboxylic acids is 1. The summed E-state index contributed by atoms with van der Waals surface area (Å²) < 4.78 is 12.6. The van der Waals surface area contributed by atoms with Crippen molar-refractivity contribution in [2.24, 2.45) is 0 Å². The monoisotopic (exact) mass is 254 g/mol. The zero-order chi connectivity index (χ0) is 13.5. The fourth-order valence-electron chi connectivity index (χ4n) is 1.42. The molecule has 0 fully saturated rings. The van der Waals surface area contributed by atoms with Crippen LogP contribution in [0.15, 0.2) is 18.3 Å². The van der Waals surface area contributed by atoms with Crippen molar-refractivity contribution >= 4 is 11.9 Å². The summed E-state index contributed by atoms with van der Waals surface area (Å²) in [6.07, 6.45) is 2.99. The number of hydrogen-bond donors (Lipinski definition) is 2. The van der Waals surface area contributed by atoms with E-state index in [2.05, 4.69) is 10.3 Å². The third-order valence-electron chi connectivity index (χ3n) is 2.44. The third kappa shape index (κ3) is 4.12. The maximum Gasteiger partial charge on any atom is 0.326 e. The first-order valence-electron chi connectivity index (χ1n) is 5.69. The largest absolute Gasteiger partial charge is 0.480 e. The molecule has 0 bridgehead atoms. The number of halogens is 1. The highest BCUT2D eigenvalue weighted by atomic mass is 19.1. The Kier molecular flexibility index (Phi) is 5.23. The number of carboxylic acid groups (broad SMARTS) is 1.